The van der Waals surface area contributed by atoms with Gasteiger partial charge in [0, 0.05) is 38.4 Å². The van der Waals surface area contributed by atoms with E-state index in [0.717, 1.165) is 51.4 Å². The van der Waals surface area contributed by atoms with E-state index in [1.54, 1.807) is 0 Å². The molecule has 1 aliphatic rings. The third kappa shape index (κ3) is 5.31. The van der Waals surface area contributed by atoms with E-state index in [1.165, 1.54) is 11.1 Å². The van der Waals surface area contributed by atoms with Gasteiger partial charge in [0.2, 0.25) is 5.91 Å². The summed E-state index contributed by atoms with van der Waals surface area (Å²) in [6, 6.07) is 6.15. The standard InChI is InChI=1S/C17H28N4O/c1-14-5-3-6-15(2)17(14)20-13-16(22)19-7-4-10-21-11-8-18-9-12-21/h3,5-6,18,20H,4,7-13H2,1-2H3,(H,19,22). The van der Waals surface area contributed by atoms with E-state index in [1.807, 2.05) is 6.07 Å². The maximum Gasteiger partial charge on any atom is 0.239 e. The van der Waals surface area contributed by atoms with Crippen LogP contribution >= 0.6 is 0 Å². The number of amides is 1. The van der Waals surface area contributed by atoms with Crippen molar-refractivity contribution >= 4 is 11.6 Å². The summed E-state index contributed by atoms with van der Waals surface area (Å²) in [7, 11) is 0. The van der Waals surface area contributed by atoms with Gasteiger partial charge in [0.25, 0.3) is 0 Å². The first-order valence-electron chi connectivity index (χ1n) is 8.16. The summed E-state index contributed by atoms with van der Waals surface area (Å²) >= 11 is 0. The van der Waals surface area contributed by atoms with Crippen LogP contribution in [-0.4, -0.2) is 56.6 Å². The molecule has 22 heavy (non-hydrogen) atoms. The minimum Gasteiger partial charge on any atom is -0.376 e. The number of hydrogen-bond donors (Lipinski definition) is 3. The van der Waals surface area contributed by atoms with Crippen molar-refractivity contribution < 1.29 is 4.79 Å². The molecule has 0 aromatic heterocycles. The van der Waals surface area contributed by atoms with Crippen LogP contribution in [0.4, 0.5) is 5.69 Å². The van der Waals surface area contributed by atoms with Crippen LogP contribution in [0.15, 0.2) is 18.2 Å². The van der Waals surface area contributed by atoms with Crippen molar-refractivity contribution in [2.75, 3.05) is 51.1 Å². The van der Waals surface area contributed by atoms with Crippen LogP contribution in [0.25, 0.3) is 0 Å². The van der Waals surface area contributed by atoms with Crippen LogP contribution in [-0.2, 0) is 4.79 Å². The molecule has 0 aliphatic carbocycles. The Hall–Kier alpha value is -1.59. The Morgan fingerprint density at radius 2 is 1.91 bits per heavy atom. The Kier molecular flexibility index (Phi) is 6.68. The molecule has 1 aromatic rings. The average Bonchev–Trinajstić information content (AvgIpc) is 2.52. The Bertz CT molecular complexity index is 463. The summed E-state index contributed by atoms with van der Waals surface area (Å²) in [6.07, 6.45) is 1.01. The summed E-state index contributed by atoms with van der Waals surface area (Å²) in [6.45, 7) is 10.6. The second kappa shape index (κ2) is 8.76. The second-order valence-electron chi connectivity index (χ2n) is 5.92. The van der Waals surface area contributed by atoms with Crippen LogP contribution in [0.3, 0.4) is 0 Å². The van der Waals surface area contributed by atoms with Crippen LogP contribution in [0, 0.1) is 13.8 Å². The number of piperazine rings is 1. The van der Waals surface area contributed by atoms with E-state index in [4.69, 9.17) is 0 Å². The molecule has 0 bridgehead atoms. The number of hydrogen-bond acceptors (Lipinski definition) is 4. The number of rotatable bonds is 7. The lowest BCUT2D eigenvalue weighted by atomic mass is 10.1. The van der Waals surface area contributed by atoms with Crippen molar-refractivity contribution in [2.24, 2.45) is 0 Å². The zero-order valence-electron chi connectivity index (χ0n) is 13.7. The topological polar surface area (TPSA) is 56.4 Å². The van der Waals surface area contributed by atoms with E-state index < -0.39 is 0 Å². The monoisotopic (exact) mass is 304 g/mol. The van der Waals surface area contributed by atoms with Crippen LogP contribution in [0.2, 0.25) is 0 Å². The number of carbonyl (C=O) groups excluding carboxylic acids is 1. The molecule has 1 fully saturated rings. The first-order valence-corrected chi connectivity index (χ1v) is 8.16. The molecule has 3 N–H and O–H groups in total. The molecule has 5 nitrogen and oxygen atoms in total. The van der Waals surface area contributed by atoms with Gasteiger partial charge < -0.3 is 20.9 Å². The predicted octanol–water partition coefficient (Wildman–Crippen LogP) is 1.13. The van der Waals surface area contributed by atoms with E-state index in [-0.39, 0.29) is 5.91 Å². The molecule has 0 radical (unpaired) electrons. The molecule has 1 saturated heterocycles. The van der Waals surface area contributed by atoms with Gasteiger partial charge in [-0.2, -0.15) is 0 Å². The molecule has 0 spiro atoms. The normalized spacial score (nSPS) is 15.5. The minimum atomic E-state index is 0.0583. The summed E-state index contributed by atoms with van der Waals surface area (Å²) in [4.78, 5) is 14.3. The number of anilines is 1. The highest BCUT2D eigenvalue weighted by atomic mass is 16.1. The Morgan fingerprint density at radius 1 is 1.23 bits per heavy atom. The molecule has 0 atom stereocenters. The van der Waals surface area contributed by atoms with Crippen LogP contribution in [0.1, 0.15) is 17.5 Å². The summed E-state index contributed by atoms with van der Waals surface area (Å²) < 4.78 is 0. The number of nitrogens with zero attached hydrogens (tertiary/aromatic N) is 1. The van der Waals surface area contributed by atoms with E-state index >= 15 is 0 Å². The largest absolute Gasteiger partial charge is 0.376 e. The molecule has 0 unspecified atom stereocenters. The summed E-state index contributed by atoms with van der Waals surface area (Å²) in [5.41, 5.74) is 3.41. The van der Waals surface area contributed by atoms with Crippen molar-refractivity contribution in [1.82, 2.24) is 15.5 Å². The van der Waals surface area contributed by atoms with Crippen molar-refractivity contribution in [1.29, 1.82) is 0 Å². The van der Waals surface area contributed by atoms with Crippen molar-refractivity contribution in [3.8, 4) is 0 Å². The zero-order chi connectivity index (χ0) is 15.8. The molecule has 1 heterocycles. The third-order valence-electron chi connectivity index (χ3n) is 4.09. The quantitative estimate of drug-likeness (QED) is 0.661. The van der Waals surface area contributed by atoms with E-state index in [0.29, 0.717) is 6.54 Å². The number of benzene rings is 1. The zero-order valence-corrected chi connectivity index (χ0v) is 13.7. The Balaban J connectivity index is 1.61. The predicted molar refractivity (Wildman–Crippen MR) is 91.3 cm³/mol. The highest BCUT2D eigenvalue weighted by Gasteiger charge is 2.09. The summed E-state index contributed by atoms with van der Waals surface area (Å²) in [5.74, 6) is 0.0583. The molecule has 1 amide bonds. The van der Waals surface area contributed by atoms with Gasteiger partial charge in [0.15, 0.2) is 0 Å². The molecule has 5 heteroatoms. The van der Waals surface area contributed by atoms with Crippen molar-refractivity contribution in [3.63, 3.8) is 0 Å². The first kappa shape index (κ1) is 16.8. The molecule has 1 aromatic carbocycles. The average molecular weight is 304 g/mol. The molecular weight excluding hydrogens is 276 g/mol. The second-order valence-corrected chi connectivity index (χ2v) is 5.92. The number of carbonyl (C=O) groups is 1. The highest BCUT2D eigenvalue weighted by molar-refractivity contribution is 5.81. The third-order valence-corrected chi connectivity index (χ3v) is 4.09. The van der Waals surface area contributed by atoms with Gasteiger partial charge in [-0.05, 0) is 37.9 Å². The fourth-order valence-electron chi connectivity index (χ4n) is 2.79. The molecule has 0 saturated carbocycles. The van der Waals surface area contributed by atoms with Crippen molar-refractivity contribution in [3.05, 3.63) is 29.3 Å². The number of para-hydroxylation sites is 1. The van der Waals surface area contributed by atoms with Gasteiger partial charge in [-0.3, -0.25) is 4.79 Å². The van der Waals surface area contributed by atoms with Gasteiger partial charge in [-0.25, -0.2) is 0 Å². The smallest absolute Gasteiger partial charge is 0.239 e. The van der Waals surface area contributed by atoms with Gasteiger partial charge in [-0.15, -0.1) is 0 Å². The number of aryl methyl sites for hydroxylation is 2. The summed E-state index contributed by atoms with van der Waals surface area (Å²) in [5, 5.41) is 9.57. The molecule has 2 rings (SSSR count). The molecule has 122 valence electrons. The maximum atomic E-state index is 11.9. The van der Waals surface area contributed by atoms with Gasteiger partial charge >= 0.3 is 0 Å². The lowest BCUT2D eigenvalue weighted by Gasteiger charge is -2.27. The van der Waals surface area contributed by atoms with Gasteiger partial charge in [0.05, 0.1) is 6.54 Å². The van der Waals surface area contributed by atoms with E-state index in [9.17, 15) is 4.79 Å². The molecular formula is C17H28N4O. The number of nitrogens with one attached hydrogen (secondary N) is 3. The van der Waals surface area contributed by atoms with Gasteiger partial charge in [-0.1, -0.05) is 18.2 Å². The Morgan fingerprint density at radius 3 is 2.59 bits per heavy atom. The lowest BCUT2D eigenvalue weighted by Crippen LogP contribution is -2.44. The van der Waals surface area contributed by atoms with Crippen LogP contribution < -0.4 is 16.0 Å². The lowest BCUT2D eigenvalue weighted by molar-refractivity contribution is -0.119. The van der Waals surface area contributed by atoms with E-state index in [2.05, 4.69) is 46.8 Å². The van der Waals surface area contributed by atoms with Crippen LogP contribution in [0.5, 0.6) is 0 Å². The Labute approximate surface area is 133 Å². The van der Waals surface area contributed by atoms with Crippen molar-refractivity contribution in [2.45, 2.75) is 20.3 Å². The fraction of sp³-hybridized carbons (Fsp3) is 0.588. The minimum absolute atomic E-state index is 0.0583. The first-order chi connectivity index (χ1) is 10.7. The fourth-order valence-corrected chi connectivity index (χ4v) is 2.79. The maximum absolute atomic E-state index is 11.9. The van der Waals surface area contributed by atoms with Gasteiger partial charge in [0.1, 0.15) is 0 Å². The molecule has 1 aliphatic heterocycles. The SMILES string of the molecule is Cc1cccc(C)c1NCC(=O)NCCCN1CCNCC1. The highest BCUT2D eigenvalue weighted by Crippen LogP contribution is 2.18.